The van der Waals surface area contributed by atoms with Gasteiger partial charge in [0, 0.05) is 6.54 Å². The first-order valence-corrected chi connectivity index (χ1v) is 4.24. The second-order valence-corrected chi connectivity index (χ2v) is 2.96. The molecule has 0 N–H and O–H groups in total. The molecule has 0 saturated carbocycles. The van der Waals surface area contributed by atoms with E-state index in [4.69, 9.17) is 0 Å². The molecule has 0 aromatic carbocycles. The Balaban J connectivity index is 2.15. The molecule has 1 aliphatic heterocycles. The lowest BCUT2D eigenvalue weighted by molar-refractivity contribution is 0.142. The van der Waals surface area contributed by atoms with E-state index in [0.717, 1.165) is 19.6 Å². The van der Waals surface area contributed by atoms with E-state index in [0.29, 0.717) is 0 Å². The maximum absolute atomic E-state index is 10.3. The molecule has 0 unspecified atom stereocenters. The molecule has 1 rings (SSSR count). The third-order valence-corrected chi connectivity index (χ3v) is 2.11. The first-order valence-electron chi connectivity index (χ1n) is 4.24. The van der Waals surface area contributed by atoms with Gasteiger partial charge in [-0.2, -0.15) is 0 Å². The fourth-order valence-corrected chi connectivity index (χ4v) is 1.49. The van der Waals surface area contributed by atoms with Gasteiger partial charge in [0.05, 0.1) is 6.61 Å². The molecule has 2 heteroatoms. The zero-order chi connectivity index (χ0) is 7.23. The van der Waals surface area contributed by atoms with Gasteiger partial charge in [-0.1, -0.05) is 12.8 Å². The average Bonchev–Trinajstić information content (AvgIpc) is 2.17. The number of hydrogen-bond donors (Lipinski definition) is 0. The summed E-state index contributed by atoms with van der Waals surface area (Å²) in [7, 11) is 0. The second kappa shape index (κ2) is 4.69. The highest BCUT2D eigenvalue weighted by molar-refractivity contribution is 4.61. The summed E-state index contributed by atoms with van der Waals surface area (Å²) in [5.41, 5.74) is 0. The molecule has 59 valence electrons. The van der Waals surface area contributed by atoms with Crippen LogP contribution >= 0.6 is 0 Å². The molecule has 1 saturated heterocycles. The Labute approximate surface area is 62.8 Å². The fourth-order valence-electron chi connectivity index (χ4n) is 1.49. The predicted molar refractivity (Wildman–Crippen MR) is 40.5 cm³/mol. The van der Waals surface area contributed by atoms with Crippen molar-refractivity contribution < 1.29 is 5.11 Å². The summed E-state index contributed by atoms with van der Waals surface area (Å²) in [6.45, 7) is 3.14. The molecule has 1 aliphatic rings. The summed E-state index contributed by atoms with van der Waals surface area (Å²) in [4.78, 5) is 2.29. The largest absolute Gasteiger partial charge is 0.301 e. The minimum Gasteiger partial charge on any atom is -0.301 e. The SMILES string of the molecule is [O]CCN1CCCCCC1. The van der Waals surface area contributed by atoms with Gasteiger partial charge in [-0.25, -0.2) is 5.11 Å². The summed E-state index contributed by atoms with van der Waals surface area (Å²) in [6.07, 6.45) is 5.30. The number of hydrogen-bond acceptors (Lipinski definition) is 1. The van der Waals surface area contributed by atoms with Gasteiger partial charge in [-0.05, 0) is 25.9 Å². The first kappa shape index (κ1) is 8.02. The Morgan fingerprint density at radius 2 is 1.60 bits per heavy atom. The van der Waals surface area contributed by atoms with E-state index in [1.165, 1.54) is 25.7 Å². The van der Waals surface area contributed by atoms with Crippen molar-refractivity contribution in [1.29, 1.82) is 0 Å². The summed E-state index contributed by atoms with van der Waals surface area (Å²) >= 11 is 0. The standard InChI is InChI=1S/C8H16NO/c10-8-7-9-5-3-1-2-4-6-9/h1-8H2. The molecule has 0 aliphatic carbocycles. The van der Waals surface area contributed by atoms with Crippen molar-refractivity contribution in [2.24, 2.45) is 0 Å². The lowest BCUT2D eigenvalue weighted by Crippen LogP contribution is -2.27. The third kappa shape index (κ3) is 2.67. The maximum atomic E-state index is 10.3. The van der Waals surface area contributed by atoms with Crippen LogP contribution in [0.1, 0.15) is 25.7 Å². The summed E-state index contributed by atoms with van der Waals surface area (Å²) in [5, 5.41) is 10.3. The minimum absolute atomic E-state index is 0.0694. The Hall–Kier alpha value is -0.0800. The van der Waals surface area contributed by atoms with Crippen LogP contribution in [0.4, 0.5) is 0 Å². The van der Waals surface area contributed by atoms with Gasteiger partial charge in [-0.15, -0.1) is 0 Å². The van der Waals surface area contributed by atoms with Crippen LogP contribution in [0.15, 0.2) is 0 Å². The van der Waals surface area contributed by atoms with E-state index < -0.39 is 0 Å². The lowest BCUT2D eigenvalue weighted by Gasteiger charge is -2.16. The Morgan fingerprint density at radius 3 is 2.10 bits per heavy atom. The molecule has 2 nitrogen and oxygen atoms in total. The molecular formula is C8H16NO. The van der Waals surface area contributed by atoms with Crippen molar-refractivity contribution >= 4 is 0 Å². The van der Waals surface area contributed by atoms with Crippen LogP contribution < -0.4 is 0 Å². The van der Waals surface area contributed by atoms with E-state index in [9.17, 15) is 5.11 Å². The Morgan fingerprint density at radius 1 is 1.00 bits per heavy atom. The van der Waals surface area contributed by atoms with Crippen molar-refractivity contribution in [2.75, 3.05) is 26.2 Å². The van der Waals surface area contributed by atoms with Crippen molar-refractivity contribution in [3.05, 3.63) is 0 Å². The molecule has 10 heavy (non-hydrogen) atoms. The van der Waals surface area contributed by atoms with Gasteiger partial charge in [0.2, 0.25) is 0 Å². The lowest BCUT2D eigenvalue weighted by atomic mass is 10.2. The normalized spacial score (nSPS) is 22.5. The maximum Gasteiger partial charge on any atom is 0.0949 e. The molecule has 0 atom stereocenters. The third-order valence-electron chi connectivity index (χ3n) is 2.11. The van der Waals surface area contributed by atoms with Crippen LogP contribution in [0.3, 0.4) is 0 Å². The minimum atomic E-state index is 0.0694. The molecule has 1 fully saturated rings. The molecule has 0 aromatic rings. The zero-order valence-electron chi connectivity index (χ0n) is 6.51. The second-order valence-electron chi connectivity index (χ2n) is 2.96. The molecular weight excluding hydrogens is 126 g/mol. The number of rotatable bonds is 2. The van der Waals surface area contributed by atoms with E-state index in [1.807, 2.05) is 0 Å². The van der Waals surface area contributed by atoms with Gasteiger partial charge in [0.1, 0.15) is 0 Å². The van der Waals surface area contributed by atoms with E-state index in [1.54, 1.807) is 0 Å². The summed E-state index contributed by atoms with van der Waals surface area (Å²) in [6, 6.07) is 0. The quantitative estimate of drug-likeness (QED) is 0.570. The van der Waals surface area contributed by atoms with Gasteiger partial charge < -0.3 is 4.90 Å². The topological polar surface area (TPSA) is 23.1 Å². The van der Waals surface area contributed by atoms with Crippen molar-refractivity contribution in [1.82, 2.24) is 4.90 Å². The van der Waals surface area contributed by atoms with Crippen LogP contribution in [0.25, 0.3) is 0 Å². The summed E-state index contributed by atoms with van der Waals surface area (Å²) < 4.78 is 0. The van der Waals surface area contributed by atoms with Gasteiger partial charge >= 0.3 is 0 Å². The van der Waals surface area contributed by atoms with E-state index in [2.05, 4.69) is 4.90 Å². The van der Waals surface area contributed by atoms with Crippen LogP contribution in [-0.2, 0) is 5.11 Å². The van der Waals surface area contributed by atoms with Crippen LogP contribution in [-0.4, -0.2) is 31.1 Å². The van der Waals surface area contributed by atoms with Crippen LogP contribution in [0.5, 0.6) is 0 Å². The average molecular weight is 142 g/mol. The first-order chi connectivity index (χ1) is 4.93. The highest BCUT2D eigenvalue weighted by atomic mass is 16.3. The zero-order valence-corrected chi connectivity index (χ0v) is 6.51. The van der Waals surface area contributed by atoms with E-state index >= 15 is 0 Å². The molecule has 1 radical (unpaired) electrons. The highest BCUT2D eigenvalue weighted by Gasteiger charge is 2.06. The number of nitrogens with zero attached hydrogens (tertiary/aromatic N) is 1. The highest BCUT2D eigenvalue weighted by Crippen LogP contribution is 2.08. The molecule has 0 spiro atoms. The van der Waals surface area contributed by atoms with Gasteiger partial charge in [-0.3, -0.25) is 0 Å². The number of likely N-dealkylation sites (tertiary alicyclic amines) is 1. The van der Waals surface area contributed by atoms with Crippen LogP contribution in [0.2, 0.25) is 0 Å². The van der Waals surface area contributed by atoms with E-state index in [-0.39, 0.29) is 6.61 Å². The summed E-state index contributed by atoms with van der Waals surface area (Å²) in [5.74, 6) is 0. The van der Waals surface area contributed by atoms with Crippen LogP contribution in [0, 0.1) is 0 Å². The van der Waals surface area contributed by atoms with Crippen molar-refractivity contribution in [3.8, 4) is 0 Å². The fraction of sp³-hybridized carbons (Fsp3) is 1.00. The molecule has 0 aromatic heterocycles. The van der Waals surface area contributed by atoms with Gasteiger partial charge in [0.25, 0.3) is 0 Å². The predicted octanol–water partition coefficient (Wildman–Crippen LogP) is 1.29. The van der Waals surface area contributed by atoms with Crippen molar-refractivity contribution in [2.45, 2.75) is 25.7 Å². The van der Waals surface area contributed by atoms with Crippen molar-refractivity contribution in [3.63, 3.8) is 0 Å². The molecule has 0 amide bonds. The smallest absolute Gasteiger partial charge is 0.0949 e. The molecule has 0 bridgehead atoms. The monoisotopic (exact) mass is 142 g/mol. The Kier molecular flexibility index (Phi) is 3.76. The Bertz CT molecular complexity index is 77.3. The molecule has 1 heterocycles. The van der Waals surface area contributed by atoms with Gasteiger partial charge in [0.15, 0.2) is 0 Å².